The van der Waals surface area contributed by atoms with Crippen molar-refractivity contribution in [2.45, 2.75) is 29.8 Å². The molecule has 0 saturated heterocycles. The Morgan fingerprint density at radius 2 is 1.83 bits per heavy atom. The van der Waals surface area contributed by atoms with E-state index in [1.54, 1.807) is 24.3 Å². The normalized spacial score (nSPS) is 12.8. The molecule has 184 valence electrons. The molecule has 0 bridgehead atoms. The van der Waals surface area contributed by atoms with Crippen molar-refractivity contribution >= 4 is 35.1 Å². The lowest BCUT2D eigenvalue weighted by Crippen LogP contribution is -2.24. The third-order valence-electron chi connectivity index (χ3n) is 4.78. The lowest BCUT2D eigenvalue weighted by molar-refractivity contribution is -0.274. The predicted octanol–water partition coefficient (Wildman–Crippen LogP) is 4.91. The first kappa shape index (κ1) is 25.0. The number of amides is 1. The molecule has 0 atom stereocenters. The SMILES string of the molecule is CCOc1ccc(NC(=O)CSc2nc3c(c(=O)n2-c2ccc(OC(F)(F)F)cc2)SCC3)cc1. The maximum absolute atomic E-state index is 13.2. The highest BCUT2D eigenvalue weighted by atomic mass is 32.2. The van der Waals surface area contributed by atoms with Gasteiger partial charge in [-0.15, -0.1) is 24.9 Å². The molecular formula is C23H20F3N3O4S2. The Labute approximate surface area is 207 Å². The van der Waals surface area contributed by atoms with E-state index < -0.39 is 12.1 Å². The zero-order valence-electron chi connectivity index (χ0n) is 18.4. The van der Waals surface area contributed by atoms with Crippen molar-refractivity contribution in [3.63, 3.8) is 0 Å². The highest BCUT2D eigenvalue weighted by molar-refractivity contribution is 8.00. The van der Waals surface area contributed by atoms with E-state index in [4.69, 9.17) is 4.74 Å². The number of halogens is 3. The molecular weight excluding hydrogens is 503 g/mol. The first-order chi connectivity index (χ1) is 16.7. The zero-order chi connectivity index (χ0) is 25.0. The molecule has 2 aromatic carbocycles. The van der Waals surface area contributed by atoms with Crippen molar-refractivity contribution in [1.82, 2.24) is 9.55 Å². The van der Waals surface area contributed by atoms with E-state index >= 15 is 0 Å². The van der Waals surface area contributed by atoms with Gasteiger partial charge in [-0.3, -0.25) is 14.2 Å². The van der Waals surface area contributed by atoms with E-state index in [0.717, 1.165) is 23.9 Å². The van der Waals surface area contributed by atoms with E-state index in [9.17, 15) is 22.8 Å². The van der Waals surface area contributed by atoms with Crippen molar-refractivity contribution in [3.05, 3.63) is 64.6 Å². The summed E-state index contributed by atoms with van der Waals surface area (Å²) in [5, 5.41) is 3.06. The third kappa shape index (κ3) is 6.31. The van der Waals surface area contributed by atoms with Crippen LogP contribution in [0.15, 0.2) is 63.4 Å². The first-order valence-electron chi connectivity index (χ1n) is 10.5. The molecule has 35 heavy (non-hydrogen) atoms. The van der Waals surface area contributed by atoms with Crippen LogP contribution in [-0.2, 0) is 11.2 Å². The van der Waals surface area contributed by atoms with E-state index in [1.807, 2.05) is 6.92 Å². The number of carbonyl (C=O) groups excluding carboxylic acids is 1. The number of nitrogens with zero attached hydrogens (tertiary/aromatic N) is 2. The molecule has 12 heteroatoms. The average molecular weight is 524 g/mol. The Morgan fingerprint density at radius 1 is 1.14 bits per heavy atom. The number of hydrogen-bond donors (Lipinski definition) is 1. The summed E-state index contributed by atoms with van der Waals surface area (Å²) in [5.41, 5.74) is 1.25. The summed E-state index contributed by atoms with van der Waals surface area (Å²) in [5.74, 6) is 0.671. The molecule has 0 aliphatic carbocycles. The van der Waals surface area contributed by atoms with Gasteiger partial charge in [0.25, 0.3) is 5.56 Å². The van der Waals surface area contributed by atoms with Crippen molar-refractivity contribution in [2.24, 2.45) is 0 Å². The Kier molecular flexibility index (Phi) is 7.60. The van der Waals surface area contributed by atoms with Gasteiger partial charge in [-0.2, -0.15) is 0 Å². The monoisotopic (exact) mass is 523 g/mol. The zero-order valence-corrected chi connectivity index (χ0v) is 20.1. The van der Waals surface area contributed by atoms with Crippen LogP contribution in [0.1, 0.15) is 12.6 Å². The smallest absolute Gasteiger partial charge is 0.494 e. The molecule has 1 aromatic heterocycles. The van der Waals surface area contributed by atoms with Gasteiger partial charge in [0.05, 0.1) is 28.6 Å². The molecule has 0 saturated carbocycles. The summed E-state index contributed by atoms with van der Waals surface area (Å²) in [6, 6.07) is 11.9. The number of benzene rings is 2. The Bertz CT molecular complexity index is 1260. The fourth-order valence-electron chi connectivity index (χ4n) is 3.34. The van der Waals surface area contributed by atoms with E-state index in [2.05, 4.69) is 15.0 Å². The fourth-order valence-corrected chi connectivity index (χ4v) is 5.20. The molecule has 7 nitrogen and oxygen atoms in total. The van der Waals surface area contributed by atoms with Crippen LogP contribution in [0, 0.1) is 0 Å². The second-order valence-electron chi connectivity index (χ2n) is 7.25. The Balaban J connectivity index is 1.54. The van der Waals surface area contributed by atoms with Gasteiger partial charge in [-0.25, -0.2) is 4.98 Å². The van der Waals surface area contributed by atoms with Gasteiger partial charge in [0, 0.05) is 17.9 Å². The number of nitrogens with one attached hydrogen (secondary N) is 1. The molecule has 2 heterocycles. The minimum Gasteiger partial charge on any atom is -0.494 e. The number of ether oxygens (including phenoxy) is 2. The second kappa shape index (κ2) is 10.6. The van der Waals surface area contributed by atoms with Crippen LogP contribution in [0.5, 0.6) is 11.5 Å². The standard InChI is InChI=1S/C23H20F3N3O4S2/c1-2-32-16-7-3-14(4-8-16)27-19(30)13-35-22-28-18-11-12-34-20(18)21(31)29(22)15-5-9-17(10-6-15)33-23(24,25)26/h3-10H,2,11-13H2,1H3,(H,27,30). The quantitative estimate of drug-likeness (QED) is 0.332. The summed E-state index contributed by atoms with van der Waals surface area (Å²) in [6.45, 7) is 2.41. The first-order valence-corrected chi connectivity index (χ1v) is 12.5. The van der Waals surface area contributed by atoms with Gasteiger partial charge < -0.3 is 14.8 Å². The van der Waals surface area contributed by atoms with Crippen LogP contribution in [0.4, 0.5) is 18.9 Å². The van der Waals surface area contributed by atoms with Gasteiger partial charge in [0.15, 0.2) is 5.16 Å². The number of thioether (sulfide) groups is 2. The van der Waals surface area contributed by atoms with Crippen molar-refractivity contribution in [3.8, 4) is 17.2 Å². The van der Waals surface area contributed by atoms with Crippen LogP contribution in [0.3, 0.4) is 0 Å². The van der Waals surface area contributed by atoms with Crippen LogP contribution < -0.4 is 20.3 Å². The van der Waals surface area contributed by atoms with Gasteiger partial charge in [0.2, 0.25) is 5.91 Å². The average Bonchev–Trinajstić information content (AvgIpc) is 3.28. The van der Waals surface area contributed by atoms with E-state index in [-0.39, 0.29) is 22.4 Å². The van der Waals surface area contributed by atoms with Crippen LogP contribution in [0.2, 0.25) is 0 Å². The Hall–Kier alpha value is -3.12. The van der Waals surface area contributed by atoms with Crippen molar-refractivity contribution < 1.29 is 27.4 Å². The number of alkyl halides is 3. The molecule has 4 rings (SSSR count). The largest absolute Gasteiger partial charge is 0.573 e. The van der Waals surface area contributed by atoms with Gasteiger partial charge >= 0.3 is 6.36 Å². The predicted molar refractivity (Wildman–Crippen MR) is 128 cm³/mol. The maximum Gasteiger partial charge on any atom is 0.573 e. The van der Waals surface area contributed by atoms with E-state index in [1.165, 1.54) is 28.5 Å². The minimum absolute atomic E-state index is 0.0269. The van der Waals surface area contributed by atoms with Crippen LogP contribution >= 0.6 is 23.5 Å². The summed E-state index contributed by atoms with van der Waals surface area (Å²) >= 11 is 2.46. The molecule has 0 spiro atoms. The topological polar surface area (TPSA) is 82.5 Å². The number of fused-ring (bicyclic) bond motifs is 1. The maximum atomic E-state index is 13.2. The second-order valence-corrected chi connectivity index (χ2v) is 9.29. The fraction of sp³-hybridized carbons (Fsp3) is 0.261. The molecule has 1 N–H and O–H groups in total. The highest BCUT2D eigenvalue weighted by Gasteiger charge is 2.31. The summed E-state index contributed by atoms with van der Waals surface area (Å²) < 4.78 is 48.1. The summed E-state index contributed by atoms with van der Waals surface area (Å²) in [4.78, 5) is 30.8. The number of rotatable bonds is 8. The van der Waals surface area contributed by atoms with Crippen LogP contribution in [-0.4, -0.2) is 39.9 Å². The van der Waals surface area contributed by atoms with Gasteiger partial charge in [-0.05, 0) is 55.5 Å². The van der Waals surface area contributed by atoms with Crippen molar-refractivity contribution in [1.29, 1.82) is 0 Å². The molecule has 1 amide bonds. The van der Waals surface area contributed by atoms with E-state index in [0.29, 0.717) is 46.5 Å². The lowest BCUT2D eigenvalue weighted by atomic mass is 10.3. The van der Waals surface area contributed by atoms with Gasteiger partial charge in [-0.1, -0.05) is 11.8 Å². The molecule has 1 aliphatic rings. The van der Waals surface area contributed by atoms with Gasteiger partial charge in [0.1, 0.15) is 11.5 Å². The van der Waals surface area contributed by atoms with Crippen LogP contribution in [0.25, 0.3) is 5.69 Å². The van der Waals surface area contributed by atoms with Crippen molar-refractivity contribution in [2.75, 3.05) is 23.4 Å². The number of aromatic nitrogens is 2. The number of aryl methyl sites for hydroxylation is 1. The third-order valence-corrected chi connectivity index (χ3v) is 6.82. The number of carbonyl (C=O) groups is 1. The number of hydrogen-bond acceptors (Lipinski definition) is 7. The summed E-state index contributed by atoms with van der Waals surface area (Å²) in [6.07, 6.45) is -4.19. The molecule has 3 aromatic rings. The lowest BCUT2D eigenvalue weighted by Gasteiger charge is -2.15. The molecule has 0 fully saturated rings. The minimum atomic E-state index is -4.82. The number of anilines is 1. The molecule has 0 radical (unpaired) electrons. The highest BCUT2D eigenvalue weighted by Crippen LogP contribution is 2.31. The molecule has 0 unspecified atom stereocenters. The Morgan fingerprint density at radius 3 is 2.49 bits per heavy atom. The summed E-state index contributed by atoms with van der Waals surface area (Å²) in [7, 11) is 0. The molecule has 1 aliphatic heterocycles.